The zero-order chi connectivity index (χ0) is 15.3. The molecule has 0 bridgehead atoms. The van der Waals surface area contributed by atoms with Gasteiger partial charge in [-0.05, 0) is 42.9 Å². The first-order valence-electron chi connectivity index (χ1n) is 7.07. The Labute approximate surface area is 124 Å². The Bertz CT molecular complexity index is 574. The van der Waals surface area contributed by atoms with Gasteiger partial charge in [0.1, 0.15) is 0 Å². The number of aliphatic carboxylic acids is 1. The predicted molar refractivity (Wildman–Crippen MR) is 78.2 cm³/mol. The third-order valence-electron chi connectivity index (χ3n) is 3.95. The molecule has 2 atom stereocenters. The summed E-state index contributed by atoms with van der Waals surface area (Å²) in [6.07, 6.45) is 5.94. The van der Waals surface area contributed by atoms with Crippen LogP contribution in [0.5, 0.6) is 0 Å². The molecular weight excluding hydrogens is 292 g/mol. The minimum absolute atomic E-state index is 0.00146. The number of nitrogens with one attached hydrogen (secondary N) is 1. The summed E-state index contributed by atoms with van der Waals surface area (Å²) in [5.74, 6) is -1.35. The van der Waals surface area contributed by atoms with Gasteiger partial charge in [0, 0.05) is 18.9 Å². The highest BCUT2D eigenvalue weighted by atomic mass is 32.2. The molecule has 1 saturated carbocycles. The number of carboxylic acids is 1. The van der Waals surface area contributed by atoms with Crippen LogP contribution in [-0.4, -0.2) is 36.8 Å². The van der Waals surface area contributed by atoms with Gasteiger partial charge in [-0.1, -0.05) is 6.42 Å². The molecule has 1 aliphatic carbocycles. The molecule has 6 nitrogen and oxygen atoms in total. The van der Waals surface area contributed by atoms with Gasteiger partial charge >= 0.3 is 5.97 Å². The molecule has 1 aromatic heterocycles. The zero-order valence-corrected chi connectivity index (χ0v) is 12.6. The molecule has 1 fully saturated rings. The van der Waals surface area contributed by atoms with Crippen molar-refractivity contribution in [2.75, 3.05) is 12.3 Å². The summed E-state index contributed by atoms with van der Waals surface area (Å²) in [4.78, 5) is 14.9. The Balaban J connectivity index is 1.82. The minimum Gasteiger partial charge on any atom is -0.481 e. The average Bonchev–Trinajstić information content (AvgIpc) is 2.93. The second kappa shape index (κ2) is 7.00. The molecule has 0 amide bonds. The Morgan fingerprint density at radius 3 is 2.71 bits per heavy atom. The van der Waals surface area contributed by atoms with Gasteiger partial charge < -0.3 is 5.11 Å². The molecule has 0 radical (unpaired) electrons. The van der Waals surface area contributed by atoms with Crippen LogP contribution >= 0.6 is 0 Å². The molecule has 1 aromatic rings. The van der Waals surface area contributed by atoms with E-state index in [1.54, 1.807) is 24.5 Å². The average molecular weight is 312 g/mol. The van der Waals surface area contributed by atoms with Crippen LogP contribution in [-0.2, 0) is 21.2 Å². The molecule has 2 unspecified atom stereocenters. The van der Waals surface area contributed by atoms with Crippen LogP contribution in [0.1, 0.15) is 24.8 Å². The van der Waals surface area contributed by atoms with Crippen molar-refractivity contribution >= 4 is 16.0 Å². The molecule has 2 rings (SSSR count). The van der Waals surface area contributed by atoms with Crippen molar-refractivity contribution in [1.82, 2.24) is 9.71 Å². The molecule has 0 spiro atoms. The third-order valence-corrected chi connectivity index (χ3v) is 5.30. The molecule has 0 aromatic carbocycles. The van der Waals surface area contributed by atoms with E-state index in [0.29, 0.717) is 12.8 Å². The van der Waals surface area contributed by atoms with Crippen molar-refractivity contribution < 1.29 is 18.3 Å². The number of sulfonamides is 1. The normalized spacial score (nSPS) is 22.3. The molecule has 1 heterocycles. The summed E-state index contributed by atoms with van der Waals surface area (Å²) in [7, 11) is -3.38. The number of nitrogens with zero attached hydrogens (tertiary/aromatic N) is 1. The van der Waals surface area contributed by atoms with E-state index in [-0.39, 0.29) is 18.2 Å². The van der Waals surface area contributed by atoms with Crippen LogP contribution in [0.2, 0.25) is 0 Å². The summed E-state index contributed by atoms with van der Waals surface area (Å²) in [6, 6.07) is 3.57. The molecule has 7 heteroatoms. The van der Waals surface area contributed by atoms with Gasteiger partial charge in [-0.3, -0.25) is 9.78 Å². The smallest absolute Gasteiger partial charge is 0.306 e. The second-order valence-electron chi connectivity index (χ2n) is 5.41. The molecule has 2 N–H and O–H groups in total. The number of rotatable bonds is 7. The Morgan fingerprint density at radius 1 is 1.33 bits per heavy atom. The molecular formula is C14H20N2O4S. The fourth-order valence-electron chi connectivity index (χ4n) is 2.71. The quantitative estimate of drug-likeness (QED) is 0.784. The second-order valence-corrected chi connectivity index (χ2v) is 7.33. The third kappa shape index (κ3) is 4.78. The molecule has 21 heavy (non-hydrogen) atoms. The summed E-state index contributed by atoms with van der Waals surface area (Å²) >= 11 is 0. The number of hydrogen-bond donors (Lipinski definition) is 2. The molecule has 116 valence electrons. The van der Waals surface area contributed by atoms with Crippen molar-refractivity contribution in [3.8, 4) is 0 Å². The summed E-state index contributed by atoms with van der Waals surface area (Å²) in [6.45, 7) is 0.218. The first-order valence-corrected chi connectivity index (χ1v) is 8.72. The topological polar surface area (TPSA) is 96.4 Å². The van der Waals surface area contributed by atoms with Gasteiger partial charge in [-0.2, -0.15) is 0 Å². The number of aryl methyl sites for hydroxylation is 1. The van der Waals surface area contributed by atoms with E-state index < -0.39 is 21.9 Å². The van der Waals surface area contributed by atoms with E-state index in [1.165, 1.54) is 0 Å². The van der Waals surface area contributed by atoms with E-state index in [1.807, 2.05) is 0 Å². The lowest BCUT2D eigenvalue weighted by Crippen LogP contribution is -2.34. The van der Waals surface area contributed by atoms with Crippen molar-refractivity contribution in [3.05, 3.63) is 30.1 Å². The monoisotopic (exact) mass is 312 g/mol. The van der Waals surface area contributed by atoms with E-state index in [4.69, 9.17) is 5.11 Å². The molecule has 1 aliphatic rings. The summed E-state index contributed by atoms with van der Waals surface area (Å²) in [5.41, 5.74) is 0.916. The molecule has 0 aliphatic heterocycles. The van der Waals surface area contributed by atoms with E-state index in [2.05, 4.69) is 9.71 Å². The number of carboxylic acid groups (broad SMARTS) is 1. The number of carbonyl (C=O) groups is 1. The number of hydrogen-bond acceptors (Lipinski definition) is 4. The fraction of sp³-hybridized carbons (Fsp3) is 0.571. The van der Waals surface area contributed by atoms with Crippen molar-refractivity contribution in [1.29, 1.82) is 0 Å². The van der Waals surface area contributed by atoms with Crippen molar-refractivity contribution in [2.24, 2.45) is 11.8 Å². The highest BCUT2D eigenvalue weighted by Gasteiger charge is 2.33. The zero-order valence-electron chi connectivity index (χ0n) is 11.7. The van der Waals surface area contributed by atoms with Crippen LogP contribution < -0.4 is 4.72 Å². The van der Waals surface area contributed by atoms with Gasteiger partial charge in [0.15, 0.2) is 0 Å². The standard InChI is InChI=1S/C14H20N2O4S/c17-14(18)13-3-1-2-12(13)10-16-21(19,20)9-6-11-4-7-15-8-5-11/h4-5,7-8,12-13,16H,1-3,6,9-10H2,(H,17,18). The van der Waals surface area contributed by atoms with Crippen LogP contribution in [0, 0.1) is 11.8 Å². The number of pyridine rings is 1. The summed E-state index contributed by atoms with van der Waals surface area (Å²) in [5, 5.41) is 9.08. The fourth-order valence-corrected chi connectivity index (χ4v) is 3.83. The van der Waals surface area contributed by atoms with E-state index in [0.717, 1.165) is 18.4 Å². The van der Waals surface area contributed by atoms with Crippen LogP contribution in [0.15, 0.2) is 24.5 Å². The first kappa shape index (κ1) is 15.9. The van der Waals surface area contributed by atoms with E-state index >= 15 is 0 Å². The minimum atomic E-state index is -3.38. The van der Waals surface area contributed by atoms with Gasteiger partial charge in [0.2, 0.25) is 10.0 Å². The SMILES string of the molecule is O=C(O)C1CCCC1CNS(=O)(=O)CCc1ccncc1. The lowest BCUT2D eigenvalue weighted by Gasteiger charge is -2.16. The Morgan fingerprint density at radius 2 is 2.05 bits per heavy atom. The largest absolute Gasteiger partial charge is 0.481 e. The number of aromatic nitrogens is 1. The van der Waals surface area contributed by atoms with Crippen LogP contribution in [0.4, 0.5) is 0 Å². The van der Waals surface area contributed by atoms with Crippen LogP contribution in [0.3, 0.4) is 0 Å². The summed E-state index contributed by atoms with van der Waals surface area (Å²) < 4.78 is 26.5. The molecule has 0 saturated heterocycles. The van der Waals surface area contributed by atoms with E-state index in [9.17, 15) is 13.2 Å². The maximum atomic E-state index is 12.0. The lowest BCUT2D eigenvalue weighted by atomic mass is 9.97. The van der Waals surface area contributed by atoms with Gasteiger partial charge in [0.25, 0.3) is 0 Å². The Hall–Kier alpha value is -1.47. The predicted octanol–water partition coefficient (Wildman–Crippen LogP) is 1.04. The van der Waals surface area contributed by atoms with Gasteiger partial charge in [-0.25, -0.2) is 13.1 Å². The van der Waals surface area contributed by atoms with Crippen LogP contribution in [0.25, 0.3) is 0 Å². The highest BCUT2D eigenvalue weighted by Crippen LogP contribution is 2.31. The van der Waals surface area contributed by atoms with Gasteiger partial charge in [-0.15, -0.1) is 0 Å². The highest BCUT2D eigenvalue weighted by molar-refractivity contribution is 7.89. The first-order chi connectivity index (χ1) is 9.98. The maximum Gasteiger partial charge on any atom is 0.306 e. The van der Waals surface area contributed by atoms with Gasteiger partial charge in [0.05, 0.1) is 11.7 Å². The lowest BCUT2D eigenvalue weighted by molar-refractivity contribution is -0.142. The Kier molecular flexibility index (Phi) is 5.30. The van der Waals surface area contributed by atoms with Crippen molar-refractivity contribution in [2.45, 2.75) is 25.7 Å². The van der Waals surface area contributed by atoms with Crippen molar-refractivity contribution in [3.63, 3.8) is 0 Å². The maximum absolute atomic E-state index is 12.0.